The van der Waals surface area contributed by atoms with Crippen molar-refractivity contribution in [1.82, 2.24) is 0 Å². The van der Waals surface area contributed by atoms with Crippen LogP contribution in [0, 0.1) is 0 Å². The molecule has 0 fully saturated rings. The van der Waals surface area contributed by atoms with E-state index in [1.807, 2.05) is 0 Å². The molecule has 1 atom stereocenters. The fourth-order valence-electron chi connectivity index (χ4n) is 0.851. The van der Waals surface area contributed by atoms with Crippen LogP contribution < -0.4 is 5.73 Å². The minimum Gasteiger partial charge on any atom is -0.475 e. The number of rotatable bonds is 5. The molecule has 0 aliphatic rings. The van der Waals surface area contributed by atoms with Crippen molar-refractivity contribution in [3.05, 3.63) is 17.9 Å². The molecule has 0 aromatic carbocycles. The van der Waals surface area contributed by atoms with Crippen molar-refractivity contribution in [1.29, 1.82) is 0 Å². The summed E-state index contributed by atoms with van der Waals surface area (Å²) in [5.41, 5.74) is 4.87. The van der Waals surface area contributed by atoms with Gasteiger partial charge in [-0.25, -0.2) is 4.79 Å². The Morgan fingerprint density at radius 1 is 1.47 bits per heavy atom. The van der Waals surface area contributed by atoms with Gasteiger partial charge in [-0.1, -0.05) is 0 Å². The molecule has 1 heterocycles. The zero-order chi connectivity index (χ0) is 11.4. The van der Waals surface area contributed by atoms with E-state index < -0.39 is 22.7 Å². The van der Waals surface area contributed by atoms with Gasteiger partial charge in [-0.3, -0.25) is 9.00 Å². The van der Waals surface area contributed by atoms with Crippen molar-refractivity contribution in [2.45, 2.75) is 11.5 Å². The van der Waals surface area contributed by atoms with Gasteiger partial charge in [0, 0.05) is 12.2 Å². The summed E-state index contributed by atoms with van der Waals surface area (Å²) >= 11 is 0. The second kappa shape index (κ2) is 4.74. The molecule has 0 saturated heterocycles. The van der Waals surface area contributed by atoms with E-state index in [2.05, 4.69) is 0 Å². The Balaban J connectivity index is 2.66. The van der Waals surface area contributed by atoms with Crippen molar-refractivity contribution in [3.63, 3.8) is 0 Å². The van der Waals surface area contributed by atoms with Crippen molar-refractivity contribution in [2.24, 2.45) is 5.73 Å². The second-order valence-corrected chi connectivity index (χ2v) is 4.19. The smallest absolute Gasteiger partial charge is 0.371 e. The van der Waals surface area contributed by atoms with Gasteiger partial charge < -0.3 is 15.3 Å². The van der Waals surface area contributed by atoms with E-state index >= 15 is 0 Å². The van der Waals surface area contributed by atoms with Crippen LogP contribution in [0.2, 0.25) is 0 Å². The monoisotopic (exact) mass is 231 g/mol. The number of hydrogen-bond donors (Lipinski definition) is 2. The quantitative estimate of drug-likeness (QED) is 0.738. The maximum Gasteiger partial charge on any atom is 0.371 e. The van der Waals surface area contributed by atoms with Crippen LogP contribution in [0.1, 0.15) is 17.0 Å². The summed E-state index contributed by atoms with van der Waals surface area (Å²) in [6.45, 7) is 0. The van der Waals surface area contributed by atoms with Crippen LogP contribution in [0.4, 0.5) is 0 Å². The fourth-order valence-corrected chi connectivity index (χ4v) is 1.84. The summed E-state index contributed by atoms with van der Waals surface area (Å²) < 4.78 is 16.2. The van der Waals surface area contributed by atoms with Crippen LogP contribution in [0.15, 0.2) is 21.6 Å². The molecule has 0 aliphatic heterocycles. The summed E-state index contributed by atoms with van der Waals surface area (Å²) in [4.78, 5) is 20.8. The summed E-state index contributed by atoms with van der Waals surface area (Å²) in [7, 11) is -1.53. The number of primary amides is 1. The number of hydrogen-bond acceptors (Lipinski definition) is 4. The highest BCUT2D eigenvalue weighted by Gasteiger charge is 2.13. The lowest BCUT2D eigenvalue weighted by molar-refractivity contribution is -0.117. The predicted molar refractivity (Wildman–Crippen MR) is 50.8 cm³/mol. The first-order valence-electron chi connectivity index (χ1n) is 4.00. The highest BCUT2D eigenvalue weighted by Crippen LogP contribution is 2.12. The zero-order valence-electron chi connectivity index (χ0n) is 7.63. The van der Waals surface area contributed by atoms with Gasteiger partial charge in [0.05, 0.1) is 10.8 Å². The lowest BCUT2D eigenvalue weighted by atomic mass is 10.5. The third kappa shape index (κ3) is 3.21. The molecule has 15 heavy (non-hydrogen) atoms. The number of nitrogens with two attached hydrogens (primary N) is 1. The summed E-state index contributed by atoms with van der Waals surface area (Å²) in [5, 5.41) is 8.57. The van der Waals surface area contributed by atoms with Gasteiger partial charge in [-0.05, 0) is 12.1 Å². The van der Waals surface area contributed by atoms with Gasteiger partial charge in [0.1, 0.15) is 0 Å². The third-order valence-electron chi connectivity index (χ3n) is 1.55. The number of furan rings is 1. The number of aromatic carboxylic acids is 1. The van der Waals surface area contributed by atoms with Crippen molar-refractivity contribution in [2.75, 3.05) is 5.75 Å². The number of carbonyl (C=O) groups is 2. The lowest BCUT2D eigenvalue weighted by Crippen LogP contribution is -2.14. The van der Waals surface area contributed by atoms with Gasteiger partial charge >= 0.3 is 5.97 Å². The molecular weight excluding hydrogens is 222 g/mol. The molecular formula is C8H9NO5S. The molecule has 0 aliphatic carbocycles. The first-order chi connectivity index (χ1) is 7.00. The summed E-state index contributed by atoms with van der Waals surface area (Å²) in [6, 6.07) is 2.51. The highest BCUT2D eigenvalue weighted by molar-refractivity contribution is 7.84. The van der Waals surface area contributed by atoms with Gasteiger partial charge in [-0.2, -0.15) is 0 Å². The number of amides is 1. The van der Waals surface area contributed by atoms with E-state index in [4.69, 9.17) is 15.3 Å². The Morgan fingerprint density at radius 3 is 2.60 bits per heavy atom. The Kier molecular flexibility index (Phi) is 3.62. The van der Waals surface area contributed by atoms with Crippen LogP contribution in [0.5, 0.6) is 0 Å². The zero-order valence-corrected chi connectivity index (χ0v) is 8.45. The summed E-state index contributed by atoms with van der Waals surface area (Å²) in [6.07, 6.45) is -0.0320. The van der Waals surface area contributed by atoms with Gasteiger partial charge in [0.15, 0.2) is 5.09 Å². The number of carboxylic acids is 1. The Bertz CT molecular complexity index is 411. The van der Waals surface area contributed by atoms with E-state index in [1.54, 1.807) is 0 Å². The first kappa shape index (κ1) is 11.4. The minimum atomic E-state index is -1.53. The molecule has 0 bridgehead atoms. The van der Waals surface area contributed by atoms with E-state index in [-0.39, 0.29) is 23.0 Å². The molecule has 6 nitrogen and oxygen atoms in total. The molecule has 3 N–H and O–H groups in total. The van der Waals surface area contributed by atoms with Crippen LogP contribution in [0.3, 0.4) is 0 Å². The van der Waals surface area contributed by atoms with E-state index in [0.29, 0.717) is 0 Å². The fraction of sp³-hybridized carbons (Fsp3) is 0.250. The number of carboxylic acid groups (broad SMARTS) is 1. The van der Waals surface area contributed by atoms with Crippen molar-refractivity contribution < 1.29 is 23.3 Å². The van der Waals surface area contributed by atoms with E-state index in [1.165, 1.54) is 12.1 Å². The Morgan fingerprint density at radius 2 is 2.13 bits per heavy atom. The highest BCUT2D eigenvalue weighted by atomic mass is 32.2. The van der Waals surface area contributed by atoms with Crippen LogP contribution >= 0.6 is 0 Å². The van der Waals surface area contributed by atoms with E-state index in [0.717, 1.165) is 0 Å². The molecule has 0 saturated carbocycles. The van der Waals surface area contributed by atoms with Crippen molar-refractivity contribution in [3.8, 4) is 0 Å². The van der Waals surface area contributed by atoms with Crippen LogP contribution in [-0.4, -0.2) is 26.9 Å². The Hall–Kier alpha value is -1.63. The van der Waals surface area contributed by atoms with Gasteiger partial charge in [-0.15, -0.1) is 0 Å². The molecule has 1 amide bonds. The molecule has 0 radical (unpaired) electrons. The normalized spacial score (nSPS) is 12.3. The molecule has 82 valence electrons. The SMILES string of the molecule is NC(=O)CCS(=O)c1ccc(C(=O)O)o1. The predicted octanol–water partition coefficient (Wildman–Crippen LogP) is -0.0392. The van der Waals surface area contributed by atoms with Crippen molar-refractivity contribution >= 4 is 22.7 Å². The molecule has 1 rings (SSSR count). The van der Waals surface area contributed by atoms with Gasteiger partial charge in [0.2, 0.25) is 11.7 Å². The van der Waals surface area contributed by atoms with Crippen LogP contribution in [0.25, 0.3) is 0 Å². The maximum atomic E-state index is 11.4. The molecule has 1 aromatic heterocycles. The average molecular weight is 231 g/mol. The topological polar surface area (TPSA) is 111 Å². The number of carbonyl (C=O) groups excluding carboxylic acids is 1. The van der Waals surface area contributed by atoms with Gasteiger partial charge in [0.25, 0.3) is 0 Å². The van der Waals surface area contributed by atoms with E-state index in [9.17, 15) is 13.8 Å². The first-order valence-corrected chi connectivity index (χ1v) is 5.32. The Labute approximate surface area is 87.5 Å². The molecule has 1 aromatic rings. The molecule has 1 unspecified atom stereocenters. The largest absolute Gasteiger partial charge is 0.475 e. The summed E-state index contributed by atoms with van der Waals surface area (Å²) in [5.74, 6) is -2.04. The van der Waals surface area contributed by atoms with Crippen LogP contribution in [-0.2, 0) is 15.6 Å². The maximum absolute atomic E-state index is 11.4. The standard InChI is InChI=1S/C8H9NO5S/c9-6(10)3-4-15(13)7-2-1-5(14-7)8(11)12/h1-2H,3-4H2,(H2,9,10)(H,11,12). The second-order valence-electron chi connectivity index (χ2n) is 2.69. The molecule has 0 spiro atoms. The minimum absolute atomic E-state index is 0.0297. The average Bonchev–Trinajstić information content (AvgIpc) is 2.62. The third-order valence-corrected chi connectivity index (χ3v) is 2.79. The molecule has 7 heteroatoms. The lowest BCUT2D eigenvalue weighted by Gasteiger charge is -1.95.